The van der Waals surface area contributed by atoms with Crippen LogP contribution in [0.1, 0.15) is 46.8 Å². The topological polar surface area (TPSA) is 58.2 Å². The lowest BCUT2D eigenvalue weighted by Gasteiger charge is -2.04. The van der Waals surface area contributed by atoms with E-state index in [0.717, 1.165) is 18.4 Å². The van der Waals surface area contributed by atoms with Gasteiger partial charge in [0.1, 0.15) is 0 Å². The van der Waals surface area contributed by atoms with Gasteiger partial charge in [-0.15, -0.1) is 11.3 Å². The molecule has 2 amide bonds. The number of hydrogen-bond acceptors (Lipinski definition) is 3. The van der Waals surface area contributed by atoms with Crippen molar-refractivity contribution in [3.05, 3.63) is 21.4 Å². The Bertz CT molecular complexity index is 413. The minimum absolute atomic E-state index is 0.162. The molecule has 1 aromatic heterocycles. The lowest BCUT2D eigenvalue weighted by Crippen LogP contribution is -2.41. The monoisotopic (exact) mass is 254 g/mol. The Morgan fingerprint density at radius 1 is 1.29 bits per heavy atom. The molecule has 0 aliphatic heterocycles. The molecule has 4 nitrogen and oxygen atoms in total. The summed E-state index contributed by atoms with van der Waals surface area (Å²) in [6.45, 7) is 5.96. The number of carbonyl (C=O) groups excluding carboxylic acids is 2. The highest BCUT2D eigenvalue weighted by Gasteiger charge is 2.11. The van der Waals surface area contributed by atoms with Crippen LogP contribution in [-0.4, -0.2) is 11.8 Å². The van der Waals surface area contributed by atoms with E-state index in [9.17, 15) is 9.59 Å². The fraction of sp³-hybridized carbons (Fsp3) is 0.500. The van der Waals surface area contributed by atoms with Gasteiger partial charge in [0.2, 0.25) is 5.91 Å². The van der Waals surface area contributed by atoms with Crippen LogP contribution in [0.4, 0.5) is 0 Å². The number of rotatable bonds is 4. The van der Waals surface area contributed by atoms with Crippen LogP contribution in [0.3, 0.4) is 0 Å². The molecule has 0 saturated carbocycles. The molecule has 17 heavy (non-hydrogen) atoms. The van der Waals surface area contributed by atoms with Gasteiger partial charge in [-0.3, -0.25) is 20.4 Å². The van der Waals surface area contributed by atoms with Crippen molar-refractivity contribution in [3.8, 4) is 0 Å². The molecule has 0 spiro atoms. The first-order valence-electron chi connectivity index (χ1n) is 5.77. The first-order valence-corrected chi connectivity index (χ1v) is 6.58. The van der Waals surface area contributed by atoms with Gasteiger partial charge in [-0.2, -0.15) is 0 Å². The zero-order chi connectivity index (χ0) is 12.8. The standard InChI is InChI=1S/C12H18N2O2S/c1-4-6-11(15)13-14-12(16)10-7-8(3)9(5-2)17-10/h7H,4-6H2,1-3H3,(H,13,15)(H,14,16). The summed E-state index contributed by atoms with van der Waals surface area (Å²) in [5.74, 6) is -0.410. The molecule has 2 N–H and O–H groups in total. The summed E-state index contributed by atoms with van der Waals surface area (Å²) in [5.41, 5.74) is 5.94. The maximum absolute atomic E-state index is 11.7. The molecule has 0 radical (unpaired) electrons. The minimum Gasteiger partial charge on any atom is -0.273 e. The maximum Gasteiger partial charge on any atom is 0.279 e. The van der Waals surface area contributed by atoms with Gasteiger partial charge in [-0.1, -0.05) is 13.8 Å². The second-order valence-electron chi connectivity index (χ2n) is 3.82. The number of nitrogens with one attached hydrogen (secondary N) is 2. The highest BCUT2D eigenvalue weighted by Crippen LogP contribution is 2.21. The Hall–Kier alpha value is -1.36. The summed E-state index contributed by atoms with van der Waals surface area (Å²) in [6, 6.07) is 1.85. The fourth-order valence-electron chi connectivity index (χ4n) is 1.46. The molecule has 94 valence electrons. The van der Waals surface area contributed by atoms with Crippen molar-refractivity contribution >= 4 is 23.2 Å². The van der Waals surface area contributed by atoms with Gasteiger partial charge in [0.15, 0.2) is 0 Å². The van der Waals surface area contributed by atoms with E-state index in [-0.39, 0.29) is 11.8 Å². The fourth-order valence-corrected chi connectivity index (χ4v) is 2.47. The van der Waals surface area contributed by atoms with Crippen molar-refractivity contribution in [2.24, 2.45) is 0 Å². The second kappa shape index (κ2) is 6.39. The van der Waals surface area contributed by atoms with Crippen LogP contribution in [0.2, 0.25) is 0 Å². The summed E-state index contributed by atoms with van der Waals surface area (Å²) < 4.78 is 0. The van der Waals surface area contributed by atoms with Gasteiger partial charge in [-0.05, 0) is 31.4 Å². The predicted molar refractivity (Wildman–Crippen MR) is 69.0 cm³/mol. The number of hydrogen-bond donors (Lipinski definition) is 2. The lowest BCUT2D eigenvalue weighted by molar-refractivity contribution is -0.121. The normalized spacial score (nSPS) is 10.1. The number of hydrazine groups is 1. The first kappa shape index (κ1) is 13.7. The molecule has 0 atom stereocenters. The zero-order valence-corrected chi connectivity index (χ0v) is 11.2. The summed E-state index contributed by atoms with van der Waals surface area (Å²) in [6.07, 6.45) is 2.11. The smallest absolute Gasteiger partial charge is 0.273 e. The van der Waals surface area contributed by atoms with E-state index in [1.165, 1.54) is 16.2 Å². The summed E-state index contributed by atoms with van der Waals surface area (Å²) in [5, 5.41) is 0. The first-order chi connectivity index (χ1) is 8.08. The minimum atomic E-state index is -0.248. The lowest BCUT2D eigenvalue weighted by atomic mass is 10.2. The van der Waals surface area contributed by atoms with Crippen LogP contribution in [0.5, 0.6) is 0 Å². The molecule has 1 aromatic rings. The van der Waals surface area contributed by atoms with Crippen molar-refractivity contribution in [2.45, 2.75) is 40.0 Å². The molecule has 0 aliphatic carbocycles. The van der Waals surface area contributed by atoms with Gasteiger partial charge < -0.3 is 0 Å². The van der Waals surface area contributed by atoms with E-state index in [0.29, 0.717) is 11.3 Å². The van der Waals surface area contributed by atoms with E-state index in [1.807, 2.05) is 19.9 Å². The highest BCUT2D eigenvalue weighted by molar-refractivity contribution is 7.14. The number of amides is 2. The Kier molecular flexibility index (Phi) is 5.15. The van der Waals surface area contributed by atoms with E-state index in [4.69, 9.17) is 0 Å². The van der Waals surface area contributed by atoms with Gasteiger partial charge in [0.25, 0.3) is 5.91 Å². The molecule has 0 saturated heterocycles. The van der Waals surface area contributed by atoms with Crippen LogP contribution in [0.25, 0.3) is 0 Å². The number of thiophene rings is 1. The Balaban J connectivity index is 2.55. The molecule has 5 heteroatoms. The summed E-state index contributed by atoms with van der Waals surface area (Å²) in [7, 11) is 0. The molecule has 0 aromatic carbocycles. The molecular formula is C12H18N2O2S. The van der Waals surface area contributed by atoms with E-state index in [2.05, 4.69) is 17.8 Å². The summed E-state index contributed by atoms with van der Waals surface area (Å²) in [4.78, 5) is 24.7. The van der Waals surface area contributed by atoms with Crippen LogP contribution in [-0.2, 0) is 11.2 Å². The van der Waals surface area contributed by atoms with Crippen LogP contribution < -0.4 is 10.9 Å². The Labute approximate surface area is 105 Å². The van der Waals surface area contributed by atoms with Crippen molar-refractivity contribution in [1.29, 1.82) is 0 Å². The Morgan fingerprint density at radius 2 is 2.00 bits per heavy atom. The molecule has 0 bridgehead atoms. The van der Waals surface area contributed by atoms with Gasteiger partial charge in [0.05, 0.1) is 4.88 Å². The van der Waals surface area contributed by atoms with Crippen molar-refractivity contribution in [3.63, 3.8) is 0 Å². The third kappa shape index (κ3) is 3.85. The molecule has 1 rings (SSSR count). The van der Waals surface area contributed by atoms with E-state index >= 15 is 0 Å². The Morgan fingerprint density at radius 3 is 2.53 bits per heavy atom. The largest absolute Gasteiger partial charge is 0.279 e. The van der Waals surface area contributed by atoms with Gasteiger partial charge >= 0.3 is 0 Å². The highest BCUT2D eigenvalue weighted by atomic mass is 32.1. The van der Waals surface area contributed by atoms with Crippen molar-refractivity contribution in [1.82, 2.24) is 10.9 Å². The van der Waals surface area contributed by atoms with Gasteiger partial charge in [0, 0.05) is 11.3 Å². The van der Waals surface area contributed by atoms with E-state index in [1.54, 1.807) is 0 Å². The molecule has 0 fully saturated rings. The third-order valence-corrected chi connectivity index (χ3v) is 3.74. The van der Waals surface area contributed by atoms with Crippen molar-refractivity contribution < 1.29 is 9.59 Å². The van der Waals surface area contributed by atoms with E-state index < -0.39 is 0 Å². The van der Waals surface area contributed by atoms with Crippen molar-refractivity contribution in [2.75, 3.05) is 0 Å². The second-order valence-corrected chi connectivity index (χ2v) is 4.96. The number of aryl methyl sites for hydroxylation is 2. The maximum atomic E-state index is 11.7. The summed E-state index contributed by atoms with van der Waals surface area (Å²) >= 11 is 1.47. The quantitative estimate of drug-likeness (QED) is 0.809. The molecular weight excluding hydrogens is 236 g/mol. The zero-order valence-electron chi connectivity index (χ0n) is 10.4. The van der Waals surface area contributed by atoms with Gasteiger partial charge in [-0.25, -0.2) is 0 Å². The van der Waals surface area contributed by atoms with Crippen LogP contribution in [0.15, 0.2) is 6.07 Å². The number of carbonyl (C=O) groups is 2. The third-order valence-electron chi connectivity index (χ3n) is 2.36. The molecule has 0 unspecified atom stereocenters. The predicted octanol–water partition coefficient (Wildman–Crippen LogP) is 2.18. The SMILES string of the molecule is CCCC(=O)NNC(=O)c1cc(C)c(CC)s1. The molecule has 0 aliphatic rings. The average molecular weight is 254 g/mol. The van der Waals surface area contributed by atoms with Crippen LogP contribution >= 0.6 is 11.3 Å². The molecule has 1 heterocycles. The van der Waals surface area contributed by atoms with Crippen LogP contribution in [0, 0.1) is 6.92 Å². The average Bonchev–Trinajstić information content (AvgIpc) is 2.68.